The number of nitrogens with zero attached hydrogens (tertiary/aromatic N) is 5. The molecule has 7 nitrogen and oxygen atoms in total. The van der Waals surface area contributed by atoms with Crippen LogP contribution in [-0.4, -0.2) is 42.5 Å². The van der Waals surface area contributed by atoms with Crippen molar-refractivity contribution in [2.45, 2.75) is 62.4 Å². The average Bonchev–Trinajstić information content (AvgIpc) is 3.71. The van der Waals surface area contributed by atoms with E-state index >= 15 is 0 Å². The van der Waals surface area contributed by atoms with Gasteiger partial charge < -0.3 is 10.6 Å². The maximum Gasteiger partial charge on any atom is 0.254 e. The van der Waals surface area contributed by atoms with E-state index in [-0.39, 0.29) is 23.9 Å². The largest absolute Gasteiger partial charge is 0.383 e. The number of amides is 1. The monoisotopic (exact) mass is 574 g/mol. The Hall–Kier alpha value is -4.23. The van der Waals surface area contributed by atoms with E-state index in [1.54, 1.807) is 6.07 Å². The number of fused-ring (bicyclic) bond motifs is 3. The standard InChI is InChI=1S/C34H31ClN6O/c35-25-8-4-7-22(15-25)34(42)40-26-12-13-27(40)17-24(16-26)31-30(21-9-10-21)32(36)41-33(39-31)28(19-38-41)23-11-14-29(37-18-23)20-5-2-1-3-6-20/h1-8,11,14-15,18-19,21,24,26-27H,9-10,12-13,16-17,36H2/t24?,26-,27+. The smallest absolute Gasteiger partial charge is 0.254 e. The van der Waals surface area contributed by atoms with Crippen LogP contribution in [0.2, 0.25) is 5.02 Å². The number of benzene rings is 2. The summed E-state index contributed by atoms with van der Waals surface area (Å²) >= 11 is 6.22. The Morgan fingerprint density at radius 3 is 2.33 bits per heavy atom. The van der Waals surface area contributed by atoms with Crippen molar-refractivity contribution < 1.29 is 4.79 Å². The number of piperidine rings is 1. The second-order valence-corrected chi connectivity index (χ2v) is 12.4. The minimum absolute atomic E-state index is 0.0818. The molecule has 1 saturated carbocycles. The minimum Gasteiger partial charge on any atom is -0.383 e. The number of rotatable bonds is 5. The topological polar surface area (TPSA) is 89.4 Å². The van der Waals surface area contributed by atoms with E-state index in [0.717, 1.165) is 77.8 Å². The molecule has 1 aliphatic carbocycles. The zero-order chi connectivity index (χ0) is 28.4. The lowest BCUT2D eigenvalue weighted by molar-refractivity contribution is 0.0569. The van der Waals surface area contributed by atoms with Crippen LogP contribution in [0.5, 0.6) is 0 Å². The van der Waals surface area contributed by atoms with Crippen LogP contribution in [0.1, 0.15) is 72.0 Å². The number of nitrogens with two attached hydrogens (primary N) is 1. The molecular formula is C34H31ClN6O. The number of carbonyl (C=O) groups excluding carboxylic acids is 1. The molecule has 1 unspecified atom stereocenters. The second kappa shape index (κ2) is 9.95. The normalized spacial score (nSPS) is 21.6. The molecule has 2 saturated heterocycles. The fourth-order valence-corrected chi connectivity index (χ4v) is 7.38. The number of pyridine rings is 1. The molecule has 0 radical (unpaired) electrons. The van der Waals surface area contributed by atoms with Gasteiger partial charge in [0.25, 0.3) is 5.91 Å². The summed E-state index contributed by atoms with van der Waals surface area (Å²) in [6, 6.07) is 22.0. The first-order chi connectivity index (χ1) is 20.5. The van der Waals surface area contributed by atoms with Gasteiger partial charge in [-0.1, -0.05) is 54.1 Å². The van der Waals surface area contributed by atoms with Crippen LogP contribution in [0.15, 0.2) is 79.1 Å². The lowest BCUT2D eigenvalue weighted by Crippen LogP contribution is -2.46. The van der Waals surface area contributed by atoms with Gasteiger partial charge in [0, 0.05) is 57.0 Å². The van der Waals surface area contributed by atoms with Gasteiger partial charge in [0.15, 0.2) is 5.65 Å². The molecule has 8 heteroatoms. The molecule has 5 heterocycles. The van der Waals surface area contributed by atoms with Gasteiger partial charge in [-0.3, -0.25) is 9.78 Å². The lowest BCUT2D eigenvalue weighted by Gasteiger charge is -2.39. The Morgan fingerprint density at radius 2 is 1.64 bits per heavy atom. The van der Waals surface area contributed by atoms with Crippen LogP contribution in [0, 0.1) is 0 Å². The molecule has 2 aliphatic heterocycles. The van der Waals surface area contributed by atoms with E-state index in [1.165, 1.54) is 0 Å². The van der Waals surface area contributed by atoms with Gasteiger partial charge in [-0.05, 0) is 68.7 Å². The first-order valence-electron chi connectivity index (χ1n) is 14.8. The Balaban J connectivity index is 1.15. The molecule has 3 aliphatic rings. The number of hydrogen-bond donors (Lipinski definition) is 1. The van der Waals surface area contributed by atoms with E-state index in [4.69, 9.17) is 27.3 Å². The molecule has 210 valence electrons. The molecule has 3 fully saturated rings. The van der Waals surface area contributed by atoms with Gasteiger partial charge in [0.05, 0.1) is 17.6 Å². The zero-order valence-electron chi connectivity index (χ0n) is 23.2. The predicted molar refractivity (Wildman–Crippen MR) is 164 cm³/mol. The van der Waals surface area contributed by atoms with Crippen molar-refractivity contribution in [2.75, 3.05) is 5.73 Å². The minimum atomic E-state index is 0.0818. The SMILES string of the molecule is Nc1c(C2CC2)c(C2C[C@H]3CC[C@@H](C2)N3C(=O)c2cccc(Cl)c2)nc2c(-c3ccc(-c4ccccc4)nc3)cnn12. The third-order valence-electron chi connectivity index (χ3n) is 9.31. The van der Waals surface area contributed by atoms with Gasteiger partial charge in [-0.15, -0.1) is 0 Å². The summed E-state index contributed by atoms with van der Waals surface area (Å²) < 4.78 is 1.81. The van der Waals surface area contributed by atoms with E-state index in [9.17, 15) is 4.79 Å². The summed E-state index contributed by atoms with van der Waals surface area (Å²) in [7, 11) is 0. The van der Waals surface area contributed by atoms with Gasteiger partial charge in [-0.25, -0.2) is 4.98 Å². The van der Waals surface area contributed by atoms with Crippen molar-refractivity contribution in [3.63, 3.8) is 0 Å². The Bertz CT molecular complexity index is 1800. The van der Waals surface area contributed by atoms with E-state index in [2.05, 4.69) is 28.2 Å². The van der Waals surface area contributed by atoms with Gasteiger partial charge in [-0.2, -0.15) is 9.61 Å². The number of halogens is 1. The molecule has 3 aromatic heterocycles. The van der Waals surface area contributed by atoms with Crippen LogP contribution in [0.25, 0.3) is 28.0 Å². The van der Waals surface area contributed by atoms with Crippen molar-refractivity contribution in [2.24, 2.45) is 0 Å². The molecule has 1 amide bonds. The maximum absolute atomic E-state index is 13.6. The van der Waals surface area contributed by atoms with Crippen LogP contribution in [0.4, 0.5) is 5.82 Å². The highest BCUT2D eigenvalue weighted by Crippen LogP contribution is 2.50. The fraction of sp³-hybridized carbons (Fsp3) is 0.294. The quantitative estimate of drug-likeness (QED) is 0.241. The van der Waals surface area contributed by atoms with Crippen LogP contribution < -0.4 is 5.73 Å². The van der Waals surface area contributed by atoms with Crippen molar-refractivity contribution in [1.29, 1.82) is 0 Å². The summed E-state index contributed by atoms with van der Waals surface area (Å²) in [6.07, 6.45) is 9.82. The van der Waals surface area contributed by atoms with Crippen molar-refractivity contribution in [3.8, 4) is 22.4 Å². The molecule has 2 aromatic carbocycles. The first kappa shape index (κ1) is 25.5. The number of nitrogen functional groups attached to an aromatic ring is 1. The van der Waals surface area contributed by atoms with Crippen LogP contribution >= 0.6 is 11.6 Å². The zero-order valence-corrected chi connectivity index (χ0v) is 23.9. The van der Waals surface area contributed by atoms with Crippen LogP contribution in [0.3, 0.4) is 0 Å². The van der Waals surface area contributed by atoms with Crippen molar-refractivity contribution in [3.05, 3.63) is 101 Å². The van der Waals surface area contributed by atoms with Crippen molar-refractivity contribution >= 4 is 29.0 Å². The highest BCUT2D eigenvalue weighted by atomic mass is 35.5. The highest BCUT2D eigenvalue weighted by Gasteiger charge is 2.46. The molecule has 8 rings (SSSR count). The molecule has 42 heavy (non-hydrogen) atoms. The maximum atomic E-state index is 13.6. The van der Waals surface area contributed by atoms with Gasteiger partial charge in [0.2, 0.25) is 0 Å². The molecular weight excluding hydrogens is 544 g/mol. The number of aromatic nitrogens is 4. The summed E-state index contributed by atoms with van der Waals surface area (Å²) in [6.45, 7) is 0. The Labute approximate surface area is 249 Å². The van der Waals surface area contributed by atoms with Crippen molar-refractivity contribution in [1.82, 2.24) is 24.5 Å². The van der Waals surface area contributed by atoms with Gasteiger partial charge in [0.1, 0.15) is 5.82 Å². The number of anilines is 1. The second-order valence-electron chi connectivity index (χ2n) is 11.9. The predicted octanol–water partition coefficient (Wildman–Crippen LogP) is 7.12. The lowest BCUT2D eigenvalue weighted by atomic mass is 9.84. The summed E-state index contributed by atoms with van der Waals surface area (Å²) in [5, 5.41) is 5.28. The molecule has 2 bridgehead atoms. The van der Waals surface area contributed by atoms with Gasteiger partial charge >= 0.3 is 0 Å². The number of hydrogen-bond acceptors (Lipinski definition) is 5. The fourth-order valence-electron chi connectivity index (χ4n) is 7.19. The Kier molecular flexibility index (Phi) is 6.03. The first-order valence-corrected chi connectivity index (χ1v) is 15.2. The third-order valence-corrected chi connectivity index (χ3v) is 9.54. The van der Waals surface area contributed by atoms with E-state index in [0.29, 0.717) is 22.3 Å². The summed E-state index contributed by atoms with van der Waals surface area (Å²) in [5.41, 5.74) is 14.5. The molecule has 0 spiro atoms. The third kappa shape index (κ3) is 4.26. The Morgan fingerprint density at radius 1 is 0.857 bits per heavy atom. The number of carbonyl (C=O) groups is 1. The van der Waals surface area contributed by atoms with Crippen LogP contribution in [-0.2, 0) is 0 Å². The summed E-state index contributed by atoms with van der Waals surface area (Å²) in [4.78, 5) is 25.8. The average molecular weight is 575 g/mol. The molecule has 3 atom stereocenters. The molecule has 2 N–H and O–H groups in total. The van der Waals surface area contributed by atoms with E-state index in [1.807, 2.05) is 59.4 Å². The molecule has 5 aromatic rings. The highest BCUT2D eigenvalue weighted by molar-refractivity contribution is 6.31. The van der Waals surface area contributed by atoms with E-state index < -0.39 is 0 Å². The summed E-state index contributed by atoms with van der Waals surface area (Å²) in [5.74, 6) is 1.45.